The van der Waals surface area contributed by atoms with Gasteiger partial charge in [-0.25, -0.2) is 9.59 Å². The monoisotopic (exact) mass is 321 g/mol. The number of carboxylic acid groups (broad SMARTS) is 1. The summed E-state index contributed by atoms with van der Waals surface area (Å²) in [7, 11) is 0. The third-order valence-electron chi connectivity index (χ3n) is 2.66. The molecule has 1 aliphatic rings. The Labute approximate surface area is 125 Å². The van der Waals surface area contributed by atoms with Gasteiger partial charge < -0.3 is 21.5 Å². The first-order valence-electron chi connectivity index (χ1n) is 6.24. The summed E-state index contributed by atoms with van der Waals surface area (Å²) in [5.41, 5.74) is 4.96. The molecule has 0 spiro atoms. The highest BCUT2D eigenvalue weighted by Gasteiger charge is 2.21. The van der Waals surface area contributed by atoms with Gasteiger partial charge in [0, 0.05) is 35.5 Å². The van der Waals surface area contributed by atoms with Crippen LogP contribution in [0.1, 0.15) is 12.8 Å². The van der Waals surface area contributed by atoms with E-state index < -0.39 is 23.9 Å². The summed E-state index contributed by atoms with van der Waals surface area (Å²) in [6, 6.07) is -1.63. The van der Waals surface area contributed by atoms with Crippen molar-refractivity contribution in [1.82, 2.24) is 10.6 Å². The molecule has 1 unspecified atom stereocenters. The van der Waals surface area contributed by atoms with Crippen LogP contribution < -0.4 is 16.4 Å². The first-order chi connectivity index (χ1) is 9.49. The molecule has 9 heteroatoms. The van der Waals surface area contributed by atoms with Gasteiger partial charge in [-0.2, -0.15) is 23.5 Å². The highest BCUT2D eigenvalue weighted by molar-refractivity contribution is 8.06. The summed E-state index contributed by atoms with van der Waals surface area (Å²) < 4.78 is 0. The number of rotatable bonds is 7. The van der Waals surface area contributed by atoms with Crippen LogP contribution in [-0.4, -0.2) is 58.1 Å². The maximum atomic E-state index is 11.6. The number of aliphatic carboxylic acids is 1. The highest BCUT2D eigenvalue weighted by Crippen LogP contribution is 2.23. The lowest BCUT2D eigenvalue weighted by Gasteiger charge is -2.22. The number of nitrogens with one attached hydrogen (secondary N) is 2. The minimum atomic E-state index is -1.18. The predicted octanol–water partition coefficient (Wildman–Crippen LogP) is -0.147. The Kier molecular flexibility index (Phi) is 7.60. The van der Waals surface area contributed by atoms with Gasteiger partial charge in [0.15, 0.2) is 0 Å². The first kappa shape index (κ1) is 17.0. The second-order valence-electron chi connectivity index (χ2n) is 4.32. The van der Waals surface area contributed by atoms with E-state index in [0.717, 1.165) is 17.3 Å². The highest BCUT2D eigenvalue weighted by atomic mass is 32.2. The Morgan fingerprint density at radius 1 is 1.35 bits per heavy atom. The molecule has 1 aliphatic heterocycles. The Bertz CT molecular complexity index is 362. The van der Waals surface area contributed by atoms with E-state index in [1.165, 1.54) is 0 Å². The molecule has 0 aliphatic carbocycles. The van der Waals surface area contributed by atoms with Crippen LogP contribution in [0.15, 0.2) is 0 Å². The molecule has 1 rings (SSSR count). The molecule has 1 heterocycles. The quantitative estimate of drug-likeness (QED) is 0.517. The number of nitrogens with two attached hydrogens (primary N) is 1. The van der Waals surface area contributed by atoms with Gasteiger partial charge in [0.1, 0.15) is 6.04 Å². The van der Waals surface area contributed by atoms with Crippen LogP contribution in [0.3, 0.4) is 0 Å². The average molecular weight is 321 g/mol. The normalized spacial score (nSPS) is 19.9. The van der Waals surface area contributed by atoms with Crippen LogP contribution in [0.5, 0.6) is 0 Å². The fourth-order valence-corrected chi connectivity index (χ4v) is 4.23. The number of carbonyl (C=O) groups excluding carboxylic acids is 2. The van der Waals surface area contributed by atoms with Crippen LogP contribution in [0, 0.1) is 0 Å². The van der Waals surface area contributed by atoms with Crippen molar-refractivity contribution in [3.63, 3.8) is 0 Å². The lowest BCUT2D eigenvalue weighted by atomic mass is 10.1. The predicted molar refractivity (Wildman–Crippen MR) is 80.0 cm³/mol. The Morgan fingerprint density at radius 3 is 2.65 bits per heavy atom. The molecule has 0 saturated carbocycles. The second-order valence-corrected chi connectivity index (χ2v) is 6.88. The largest absolute Gasteiger partial charge is 0.480 e. The van der Waals surface area contributed by atoms with Gasteiger partial charge in [-0.15, -0.1) is 0 Å². The number of carbonyl (C=O) groups is 3. The summed E-state index contributed by atoms with van der Waals surface area (Å²) in [5, 5.41) is 14.3. The van der Waals surface area contributed by atoms with Crippen LogP contribution in [0.25, 0.3) is 0 Å². The van der Waals surface area contributed by atoms with Crippen molar-refractivity contribution in [2.24, 2.45) is 5.73 Å². The summed E-state index contributed by atoms with van der Waals surface area (Å²) in [6.45, 7) is 0.506. The van der Waals surface area contributed by atoms with Crippen molar-refractivity contribution < 1.29 is 19.5 Å². The molecule has 1 saturated heterocycles. The summed E-state index contributed by atoms with van der Waals surface area (Å²) in [4.78, 5) is 33.2. The Morgan fingerprint density at radius 2 is 2.10 bits per heavy atom. The van der Waals surface area contributed by atoms with E-state index in [0.29, 0.717) is 11.8 Å². The van der Waals surface area contributed by atoms with E-state index in [2.05, 4.69) is 10.6 Å². The molecule has 2 atom stereocenters. The summed E-state index contributed by atoms with van der Waals surface area (Å²) >= 11 is 3.65. The summed E-state index contributed by atoms with van der Waals surface area (Å²) in [6.07, 6.45) is -0.0848. The topological polar surface area (TPSA) is 122 Å². The van der Waals surface area contributed by atoms with Crippen molar-refractivity contribution in [2.75, 3.05) is 23.8 Å². The number of hydrogen-bond donors (Lipinski definition) is 4. The molecule has 0 radical (unpaired) electrons. The van der Waals surface area contributed by atoms with E-state index in [4.69, 9.17) is 10.8 Å². The number of thioether (sulfide) groups is 2. The van der Waals surface area contributed by atoms with E-state index in [1.54, 1.807) is 11.8 Å². The number of hydrogen-bond acceptors (Lipinski definition) is 5. The van der Waals surface area contributed by atoms with Crippen LogP contribution in [0.4, 0.5) is 4.79 Å². The third kappa shape index (κ3) is 6.90. The van der Waals surface area contributed by atoms with Gasteiger partial charge >= 0.3 is 12.0 Å². The van der Waals surface area contributed by atoms with Crippen LogP contribution in [0.2, 0.25) is 0 Å². The minimum absolute atomic E-state index is 0.00782. The zero-order chi connectivity index (χ0) is 15.0. The molecule has 0 aromatic carbocycles. The maximum absolute atomic E-state index is 11.6. The fraction of sp³-hybridized carbons (Fsp3) is 0.727. The molecule has 20 heavy (non-hydrogen) atoms. The zero-order valence-corrected chi connectivity index (χ0v) is 12.6. The SMILES string of the molecule is NC(=O)CC[C@H](NC(=O)NCC1CSCCS1)C(=O)O. The number of urea groups is 1. The molecule has 0 aromatic heterocycles. The van der Waals surface area contributed by atoms with Crippen LogP contribution >= 0.6 is 23.5 Å². The molecule has 1 fully saturated rings. The van der Waals surface area contributed by atoms with Crippen molar-refractivity contribution in [3.05, 3.63) is 0 Å². The molecular formula is C11H19N3O4S2. The number of carboxylic acids is 1. The molecule has 7 nitrogen and oxygen atoms in total. The Balaban J connectivity index is 2.29. The standard InChI is InChI=1S/C11H19N3O4S2/c12-9(15)2-1-8(10(16)17)14-11(18)13-5-7-6-19-3-4-20-7/h7-8H,1-6H2,(H2,12,15)(H,16,17)(H2,13,14,18)/t7?,8-/m0/s1. The Hall–Kier alpha value is -1.09. The maximum Gasteiger partial charge on any atom is 0.326 e. The van der Waals surface area contributed by atoms with Gasteiger partial charge in [0.05, 0.1) is 0 Å². The van der Waals surface area contributed by atoms with Gasteiger partial charge in [-0.1, -0.05) is 0 Å². The molecule has 0 aromatic rings. The molecular weight excluding hydrogens is 302 g/mol. The molecule has 3 amide bonds. The average Bonchev–Trinajstić information content (AvgIpc) is 2.41. The third-order valence-corrected chi connectivity index (χ3v) is 5.50. The van der Waals surface area contributed by atoms with Gasteiger partial charge in [0.2, 0.25) is 5.91 Å². The molecule has 5 N–H and O–H groups in total. The second kappa shape index (κ2) is 8.96. The van der Waals surface area contributed by atoms with E-state index >= 15 is 0 Å². The minimum Gasteiger partial charge on any atom is -0.480 e. The molecule has 114 valence electrons. The van der Waals surface area contributed by atoms with Crippen molar-refractivity contribution in [2.45, 2.75) is 24.1 Å². The van der Waals surface area contributed by atoms with Gasteiger partial charge in [-0.05, 0) is 6.42 Å². The zero-order valence-electron chi connectivity index (χ0n) is 11.0. The fourth-order valence-electron chi connectivity index (χ4n) is 1.61. The van der Waals surface area contributed by atoms with Crippen molar-refractivity contribution in [1.29, 1.82) is 0 Å². The van der Waals surface area contributed by atoms with E-state index in [1.807, 2.05) is 11.8 Å². The van der Waals surface area contributed by atoms with Crippen LogP contribution in [-0.2, 0) is 9.59 Å². The summed E-state index contributed by atoms with van der Waals surface area (Å²) in [5.74, 6) is 1.41. The lowest BCUT2D eigenvalue weighted by molar-refractivity contribution is -0.139. The molecule has 0 bridgehead atoms. The first-order valence-corrected chi connectivity index (χ1v) is 8.44. The van der Waals surface area contributed by atoms with E-state index in [9.17, 15) is 14.4 Å². The van der Waals surface area contributed by atoms with Gasteiger partial charge in [0.25, 0.3) is 0 Å². The van der Waals surface area contributed by atoms with Gasteiger partial charge in [-0.3, -0.25) is 4.79 Å². The lowest BCUT2D eigenvalue weighted by Crippen LogP contribution is -2.48. The van der Waals surface area contributed by atoms with Crippen molar-refractivity contribution >= 4 is 41.4 Å². The van der Waals surface area contributed by atoms with E-state index in [-0.39, 0.29) is 12.8 Å². The number of primary amides is 1. The number of amides is 3. The smallest absolute Gasteiger partial charge is 0.326 e. The van der Waals surface area contributed by atoms with Crippen molar-refractivity contribution in [3.8, 4) is 0 Å².